The van der Waals surface area contributed by atoms with Gasteiger partial charge in [-0.25, -0.2) is 9.00 Å². The first-order valence-electron chi connectivity index (χ1n) is 3.59. The Kier molecular flexibility index (Phi) is 1.81. The fourth-order valence-corrected chi connectivity index (χ4v) is 2.26. The van der Waals surface area contributed by atoms with Crippen LogP contribution in [0.25, 0.3) is 0 Å². The summed E-state index contributed by atoms with van der Waals surface area (Å²) in [7, 11) is -1.59. The van der Waals surface area contributed by atoms with Gasteiger partial charge in [0, 0.05) is 0 Å². The second kappa shape index (κ2) is 2.85. The smallest absolute Gasteiger partial charge is 0.358 e. The lowest BCUT2D eigenvalue weighted by Crippen LogP contribution is -2.26. The largest absolute Gasteiger partial charge is 0.478 e. The highest BCUT2D eigenvalue weighted by molar-refractivity contribution is 7.86. The minimum atomic E-state index is -1.59. The van der Waals surface area contributed by atoms with Crippen LogP contribution in [0.4, 0.5) is 0 Å². The van der Waals surface area contributed by atoms with Crippen molar-refractivity contribution in [3.8, 4) is 5.75 Å². The predicted molar refractivity (Wildman–Crippen MR) is 44.9 cm³/mol. The molecule has 1 aromatic carbocycles. The van der Waals surface area contributed by atoms with Gasteiger partial charge in [0.1, 0.15) is 16.5 Å². The molecule has 1 aliphatic rings. The van der Waals surface area contributed by atoms with Crippen LogP contribution in [0.5, 0.6) is 5.75 Å². The van der Waals surface area contributed by atoms with Crippen molar-refractivity contribution < 1.29 is 18.8 Å². The molecule has 0 fully saturated rings. The van der Waals surface area contributed by atoms with Crippen LogP contribution in [0.1, 0.15) is 0 Å². The van der Waals surface area contributed by atoms with Crippen molar-refractivity contribution in [1.82, 2.24) is 0 Å². The van der Waals surface area contributed by atoms with Crippen LogP contribution in [0.2, 0.25) is 0 Å². The Bertz CT molecular complexity index is 387. The lowest BCUT2D eigenvalue weighted by atomic mass is 10.3. The highest BCUT2D eigenvalue weighted by Crippen LogP contribution is 2.31. The number of fused-ring (bicyclic) bond motifs is 1. The van der Waals surface area contributed by atoms with Crippen molar-refractivity contribution in [2.75, 3.05) is 0 Å². The van der Waals surface area contributed by atoms with Crippen LogP contribution in [0.3, 0.4) is 0 Å². The third-order valence-corrected chi connectivity index (χ3v) is 3.15. The van der Waals surface area contributed by atoms with Crippen molar-refractivity contribution in [3.05, 3.63) is 24.3 Å². The topological polar surface area (TPSA) is 63.6 Å². The van der Waals surface area contributed by atoms with Crippen LogP contribution >= 0.6 is 0 Å². The molecule has 0 spiro atoms. The minimum Gasteiger partial charge on any atom is -0.478 e. The van der Waals surface area contributed by atoms with Crippen LogP contribution in [0.15, 0.2) is 29.2 Å². The summed E-state index contributed by atoms with van der Waals surface area (Å²) in [4.78, 5) is 11.0. The number of aliphatic carboxylic acids is 1. The molecule has 0 aromatic heterocycles. The molecule has 13 heavy (non-hydrogen) atoms. The molecule has 1 unspecified atom stereocenters. The molecule has 4 nitrogen and oxygen atoms in total. The monoisotopic (exact) mass is 198 g/mol. The SMILES string of the molecule is O=C(O)[C@@H]1Oc2ccccc2S1=O. The highest BCUT2D eigenvalue weighted by Gasteiger charge is 2.36. The standard InChI is InChI=1S/C8H6O4S/c9-7(10)8-12-5-3-1-2-4-6(5)13(8)11/h1-4,8H,(H,9,10)/t8-,13?/m1/s1. The van der Waals surface area contributed by atoms with E-state index in [1.165, 1.54) is 0 Å². The molecule has 1 aliphatic heterocycles. The number of carboxylic acids is 1. The average Bonchev–Trinajstić information content (AvgIpc) is 2.45. The molecule has 68 valence electrons. The van der Waals surface area contributed by atoms with Gasteiger partial charge in [-0.05, 0) is 12.1 Å². The van der Waals surface area contributed by atoms with Gasteiger partial charge in [-0.3, -0.25) is 0 Å². The summed E-state index contributed by atoms with van der Waals surface area (Å²) in [6.07, 6.45) is 0. The fourth-order valence-electron chi connectivity index (χ4n) is 1.13. The highest BCUT2D eigenvalue weighted by atomic mass is 32.2. The molecule has 0 aliphatic carbocycles. The second-order valence-electron chi connectivity index (χ2n) is 2.53. The number of ether oxygens (including phenoxy) is 1. The first kappa shape index (κ1) is 8.25. The van der Waals surface area contributed by atoms with E-state index < -0.39 is 22.2 Å². The Labute approximate surface area is 76.6 Å². The minimum absolute atomic E-state index is 0.397. The van der Waals surface area contributed by atoms with Crippen LogP contribution < -0.4 is 4.74 Å². The van der Waals surface area contributed by atoms with E-state index >= 15 is 0 Å². The van der Waals surface area contributed by atoms with Gasteiger partial charge in [0.15, 0.2) is 0 Å². The van der Waals surface area contributed by atoms with Crippen molar-refractivity contribution in [2.45, 2.75) is 10.3 Å². The van der Waals surface area contributed by atoms with E-state index in [-0.39, 0.29) is 0 Å². The number of carboxylic acid groups (broad SMARTS) is 1. The van der Waals surface area contributed by atoms with E-state index in [4.69, 9.17) is 9.84 Å². The van der Waals surface area contributed by atoms with Crippen LogP contribution in [0, 0.1) is 0 Å². The molecular formula is C8H6O4S. The Morgan fingerprint density at radius 2 is 2.15 bits per heavy atom. The van der Waals surface area contributed by atoms with Crippen molar-refractivity contribution in [1.29, 1.82) is 0 Å². The van der Waals surface area contributed by atoms with Gasteiger partial charge in [-0.15, -0.1) is 0 Å². The molecule has 0 radical (unpaired) electrons. The Morgan fingerprint density at radius 3 is 2.77 bits per heavy atom. The van der Waals surface area contributed by atoms with E-state index in [1.807, 2.05) is 0 Å². The van der Waals surface area contributed by atoms with Gasteiger partial charge in [-0.2, -0.15) is 0 Å². The maximum absolute atomic E-state index is 11.4. The zero-order valence-corrected chi connectivity index (χ0v) is 7.28. The zero-order chi connectivity index (χ0) is 9.42. The summed E-state index contributed by atoms with van der Waals surface area (Å²) in [6, 6.07) is 6.62. The Balaban J connectivity index is 2.44. The number of benzene rings is 1. The number of para-hydroxylation sites is 1. The van der Waals surface area contributed by atoms with Crippen molar-refractivity contribution >= 4 is 16.8 Å². The molecule has 1 heterocycles. The first-order chi connectivity index (χ1) is 6.20. The summed E-state index contributed by atoms with van der Waals surface area (Å²) in [5.41, 5.74) is -1.25. The summed E-state index contributed by atoms with van der Waals surface area (Å²) in [6.45, 7) is 0. The van der Waals surface area contributed by atoms with E-state index in [2.05, 4.69) is 0 Å². The first-order valence-corrected chi connectivity index (χ1v) is 4.80. The fraction of sp³-hybridized carbons (Fsp3) is 0.125. The lowest BCUT2D eigenvalue weighted by molar-refractivity contribution is -0.140. The van der Waals surface area contributed by atoms with Gasteiger partial charge in [0.2, 0.25) is 0 Å². The zero-order valence-electron chi connectivity index (χ0n) is 6.47. The van der Waals surface area contributed by atoms with Gasteiger partial charge in [-0.1, -0.05) is 12.1 Å². The molecule has 0 amide bonds. The van der Waals surface area contributed by atoms with Gasteiger partial charge < -0.3 is 9.84 Å². The Hall–Kier alpha value is -1.36. The molecule has 5 heteroatoms. The van der Waals surface area contributed by atoms with Crippen LogP contribution in [-0.2, 0) is 15.6 Å². The van der Waals surface area contributed by atoms with Gasteiger partial charge >= 0.3 is 5.97 Å². The maximum Gasteiger partial charge on any atom is 0.358 e. The normalized spacial score (nSPS) is 24.9. The molecule has 1 aromatic rings. The molecule has 2 atom stereocenters. The van der Waals surface area contributed by atoms with Crippen molar-refractivity contribution in [2.24, 2.45) is 0 Å². The summed E-state index contributed by atoms with van der Waals surface area (Å²) in [5, 5.41) is 8.64. The quantitative estimate of drug-likeness (QED) is 0.717. The lowest BCUT2D eigenvalue weighted by Gasteiger charge is -2.01. The van der Waals surface area contributed by atoms with Gasteiger partial charge in [0.25, 0.3) is 5.44 Å². The maximum atomic E-state index is 11.4. The predicted octanol–water partition coefficient (Wildman–Crippen LogP) is 0.597. The molecule has 2 rings (SSSR count). The van der Waals surface area contributed by atoms with E-state index in [9.17, 15) is 9.00 Å². The van der Waals surface area contributed by atoms with E-state index in [0.717, 1.165) is 0 Å². The van der Waals surface area contributed by atoms with Gasteiger partial charge in [0.05, 0.1) is 4.90 Å². The Morgan fingerprint density at radius 1 is 1.46 bits per heavy atom. The number of hydrogen-bond acceptors (Lipinski definition) is 3. The summed E-state index contributed by atoms with van der Waals surface area (Å²) >= 11 is 0. The van der Waals surface area contributed by atoms with E-state index in [1.54, 1.807) is 24.3 Å². The second-order valence-corrected chi connectivity index (χ2v) is 3.99. The average molecular weight is 198 g/mol. The number of rotatable bonds is 1. The molecule has 1 N–H and O–H groups in total. The summed E-state index contributed by atoms with van der Waals surface area (Å²) < 4.78 is 16.4. The van der Waals surface area contributed by atoms with Crippen LogP contribution in [-0.4, -0.2) is 20.7 Å². The molecular weight excluding hydrogens is 192 g/mol. The van der Waals surface area contributed by atoms with Crippen molar-refractivity contribution in [3.63, 3.8) is 0 Å². The molecule has 0 saturated carbocycles. The molecule has 0 saturated heterocycles. The number of carbonyl (C=O) groups is 1. The van der Waals surface area contributed by atoms with E-state index in [0.29, 0.717) is 10.6 Å². The summed E-state index contributed by atoms with van der Waals surface area (Å²) in [5.74, 6) is -0.803. The third kappa shape index (κ3) is 1.21. The number of hydrogen-bond donors (Lipinski definition) is 1. The third-order valence-electron chi connectivity index (χ3n) is 1.70. The molecule has 0 bridgehead atoms.